The first-order valence-electron chi connectivity index (χ1n) is 7.18. The first-order chi connectivity index (χ1) is 12.3. The van der Waals surface area contributed by atoms with Crippen LogP contribution in [0.15, 0.2) is 30.3 Å². The fraction of sp³-hybridized carbons (Fsp3) is 0.133. The highest BCUT2D eigenvalue weighted by molar-refractivity contribution is 6.42. The number of aromatic nitrogens is 1. The quantitative estimate of drug-likeness (QED) is 0.627. The van der Waals surface area contributed by atoms with Gasteiger partial charge in [0.2, 0.25) is 5.91 Å². The zero-order valence-corrected chi connectivity index (χ0v) is 14.5. The number of anilines is 2. The number of benzene rings is 1. The van der Waals surface area contributed by atoms with Crippen molar-refractivity contribution in [2.45, 2.75) is 0 Å². The van der Waals surface area contributed by atoms with Crippen LogP contribution in [0.3, 0.4) is 0 Å². The van der Waals surface area contributed by atoms with E-state index < -0.39 is 29.1 Å². The third-order valence-corrected chi connectivity index (χ3v) is 4.16. The summed E-state index contributed by atoms with van der Waals surface area (Å²) in [5, 5.41) is 14.1. The van der Waals surface area contributed by atoms with Gasteiger partial charge in [0.1, 0.15) is 6.54 Å². The van der Waals surface area contributed by atoms with Crippen molar-refractivity contribution in [3.05, 3.63) is 50.5 Å². The summed E-state index contributed by atoms with van der Waals surface area (Å²) in [6, 6.07) is 7.00. The summed E-state index contributed by atoms with van der Waals surface area (Å²) in [6.45, 7) is -0.698. The van der Waals surface area contributed by atoms with E-state index in [1.165, 1.54) is 18.2 Å². The minimum atomic E-state index is -0.701. The van der Waals surface area contributed by atoms with Gasteiger partial charge in [0.05, 0.1) is 10.0 Å². The summed E-state index contributed by atoms with van der Waals surface area (Å²) in [4.78, 5) is 39.4. The molecule has 0 spiro atoms. The Hall–Kier alpha value is -2.91. The number of hydrogen-bond donors (Lipinski definition) is 1. The van der Waals surface area contributed by atoms with Gasteiger partial charge in [-0.15, -0.1) is 0 Å². The van der Waals surface area contributed by atoms with E-state index in [2.05, 4.69) is 10.3 Å². The maximum Gasteiger partial charge on any atom is 0.366 e. The lowest BCUT2D eigenvalue weighted by molar-refractivity contribution is -0.389. The molecule has 1 aromatic carbocycles. The van der Waals surface area contributed by atoms with Crippen molar-refractivity contribution in [1.82, 2.24) is 4.98 Å². The molecule has 3 rings (SSSR count). The van der Waals surface area contributed by atoms with Crippen LogP contribution in [0.4, 0.5) is 17.3 Å². The van der Waals surface area contributed by atoms with Crippen LogP contribution >= 0.6 is 23.2 Å². The predicted octanol–water partition coefficient (Wildman–Crippen LogP) is 2.66. The first kappa shape index (κ1) is 17.9. The second-order valence-electron chi connectivity index (χ2n) is 5.19. The molecule has 1 aliphatic heterocycles. The van der Waals surface area contributed by atoms with Gasteiger partial charge < -0.3 is 20.2 Å². The summed E-state index contributed by atoms with van der Waals surface area (Å²) in [7, 11) is 0. The van der Waals surface area contributed by atoms with E-state index in [1.807, 2.05) is 0 Å². The molecule has 0 aliphatic carbocycles. The van der Waals surface area contributed by atoms with Crippen molar-refractivity contribution in [1.29, 1.82) is 0 Å². The number of halogens is 2. The lowest BCUT2D eigenvalue weighted by Gasteiger charge is -2.24. The third kappa shape index (κ3) is 3.68. The van der Waals surface area contributed by atoms with E-state index >= 15 is 0 Å². The van der Waals surface area contributed by atoms with Gasteiger partial charge in [0.25, 0.3) is 11.7 Å². The number of hydrogen-bond acceptors (Lipinski definition) is 6. The molecule has 2 heterocycles. The zero-order chi connectivity index (χ0) is 18.8. The minimum absolute atomic E-state index is 0.0836. The average Bonchev–Trinajstić information content (AvgIpc) is 2.60. The summed E-state index contributed by atoms with van der Waals surface area (Å²) in [5.41, 5.74) is 0.386. The molecular formula is C15H10Cl2N4O5. The van der Waals surface area contributed by atoms with Crippen LogP contribution < -0.4 is 15.0 Å². The van der Waals surface area contributed by atoms with Crippen molar-refractivity contribution < 1.29 is 19.2 Å². The molecule has 0 atom stereocenters. The maximum absolute atomic E-state index is 12.3. The van der Waals surface area contributed by atoms with Crippen LogP contribution in [-0.2, 0) is 9.59 Å². The summed E-state index contributed by atoms with van der Waals surface area (Å²) in [6.07, 6.45) is 0. The van der Waals surface area contributed by atoms with Crippen molar-refractivity contribution in [3.8, 4) is 5.75 Å². The number of pyridine rings is 1. The molecule has 1 aromatic heterocycles. The molecule has 0 radical (unpaired) electrons. The van der Waals surface area contributed by atoms with Crippen LogP contribution in [0.25, 0.3) is 0 Å². The highest BCUT2D eigenvalue weighted by Gasteiger charge is 2.33. The Kier molecular flexibility index (Phi) is 4.92. The Bertz CT molecular complexity index is 921. The molecule has 1 N–H and O–H groups in total. The number of carbonyl (C=O) groups is 2. The highest BCUT2D eigenvalue weighted by Crippen LogP contribution is 2.32. The third-order valence-electron chi connectivity index (χ3n) is 3.42. The molecule has 1 aliphatic rings. The van der Waals surface area contributed by atoms with Gasteiger partial charge >= 0.3 is 5.82 Å². The fourth-order valence-corrected chi connectivity index (χ4v) is 2.55. The summed E-state index contributed by atoms with van der Waals surface area (Å²) < 4.78 is 5.19. The van der Waals surface area contributed by atoms with Gasteiger partial charge in [-0.3, -0.25) is 14.5 Å². The molecule has 26 heavy (non-hydrogen) atoms. The van der Waals surface area contributed by atoms with E-state index in [4.69, 9.17) is 27.9 Å². The van der Waals surface area contributed by atoms with Crippen LogP contribution in [0.5, 0.6) is 5.75 Å². The standard InChI is InChI=1S/C15H10Cl2N4O5/c16-9-2-1-8(5-10(9)17)18-13(22)6-20-14(23)7-26-11-3-4-12(21(24)25)19-15(11)20/h1-5H,6-7H2,(H,18,22). The molecule has 134 valence electrons. The number of nitrogens with zero attached hydrogens (tertiary/aromatic N) is 3. The number of amides is 2. The predicted molar refractivity (Wildman–Crippen MR) is 93.8 cm³/mol. The van der Waals surface area contributed by atoms with Crippen LogP contribution in [0.1, 0.15) is 0 Å². The lowest BCUT2D eigenvalue weighted by Crippen LogP contribution is -2.44. The molecule has 0 saturated heterocycles. The second kappa shape index (κ2) is 7.14. The number of nitrogens with one attached hydrogen (secondary N) is 1. The molecule has 11 heteroatoms. The summed E-state index contributed by atoms with van der Waals surface area (Å²) in [5.74, 6) is -1.46. The molecular weight excluding hydrogens is 387 g/mol. The van der Waals surface area contributed by atoms with Gasteiger partial charge in [0.15, 0.2) is 12.4 Å². The molecule has 2 aromatic rings. The number of ether oxygens (including phenoxy) is 1. The summed E-state index contributed by atoms with van der Waals surface area (Å²) >= 11 is 11.7. The fourth-order valence-electron chi connectivity index (χ4n) is 2.25. The van der Waals surface area contributed by atoms with Crippen molar-refractivity contribution in [2.24, 2.45) is 0 Å². The molecule has 0 saturated carbocycles. The molecule has 2 amide bonds. The van der Waals surface area contributed by atoms with Crippen LogP contribution in [0.2, 0.25) is 10.0 Å². The normalized spacial score (nSPS) is 13.0. The van der Waals surface area contributed by atoms with Gasteiger partial charge in [-0.2, -0.15) is 0 Å². The van der Waals surface area contributed by atoms with E-state index in [9.17, 15) is 19.7 Å². The Morgan fingerprint density at radius 2 is 2.08 bits per heavy atom. The maximum atomic E-state index is 12.3. The lowest BCUT2D eigenvalue weighted by atomic mass is 10.3. The number of nitro groups is 1. The Balaban J connectivity index is 1.81. The van der Waals surface area contributed by atoms with Crippen molar-refractivity contribution in [2.75, 3.05) is 23.4 Å². The van der Waals surface area contributed by atoms with E-state index in [0.29, 0.717) is 10.7 Å². The Labute approximate surface area is 156 Å². The molecule has 0 fully saturated rings. The minimum Gasteiger partial charge on any atom is -0.477 e. The largest absolute Gasteiger partial charge is 0.477 e. The Morgan fingerprint density at radius 3 is 2.77 bits per heavy atom. The first-order valence-corrected chi connectivity index (χ1v) is 7.94. The molecule has 9 nitrogen and oxygen atoms in total. The van der Waals surface area contributed by atoms with Gasteiger partial charge in [-0.05, 0) is 34.2 Å². The number of rotatable bonds is 4. The van der Waals surface area contributed by atoms with Crippen molar-refractivity contribution >= 4 is 52.3 Å². The van der Waals surface area contributed by atoms with Crippen LogP contribution in [-0.4, -0.2) is 34.9 Å². The topological polar surface area (TPSA) is 115 Å². The zero-order valence-electron chi connectivity index (χ0n) is 12.9. The SMILES string of the molecule is O=C(CN1C(=O)COc2ccc([N+](=O)[O-])nc21)Nc1ccc(Cl)c(Cl)c1. The number of fused-ring (bicyclic) bond motifs is 1. The van der Waals surface area contributed by atoms with Gasteiger partial charge in [0, 0.05) is 11.8 Å². The van der Waals surface area contributed by atoms with Gasteiger partial charge in [-0.25, -0.2) is 0 Å². The van der Waals surface area contributed by atoms with Crippen LogP contribution in [0, 0.1) is 10.1 Å². The average molecular weight is 397 g/mol. The molecule has 0 bridgehead atoms. The monoisotopic (exact) mass is 396 g/mol. The Morgan fingerprint density at radius 1 is 1.31 bits per heavy atom. The highest BCUT2D eigenvalue weighted by atomic mass is 35.5. The molecule has 0 unspecified atom stereocenters. The smallest absolute Gasteiger partial charge is 0.366 e. The van der Waals surface area contributed by atoms with Gasteiger partial charge in [-0.1, -0.05) is 23.2 Å². The van der Waals surface area contributed by atoms with Crippen molar-refractivity contribution in [3.63, 3.8) is 0 Å². The van der Waals surface area contributed by atoms with E-state index in [0.717, 1.165) is 11.0 Å². The van der Waals surface area contributed by atoms with E-state index in [-0.39, 0.29) is 23.2 Å². The number of carbonyl (C=O) groups excluding carboxylic acids is 2. The second-order valence-corrected chi connectivity index (χ2v) is 6.01. The van der Waals surface area contributed by atoms with E-state index in [1.54, 1.807) is 6.07 Å².